The minimum absolute atomic E-state index is 0.832. The van der Waals surface area contributed by atoms with Gasteiger partial charge in [-0.1, -0.05) is 17.7 Å². The van der Waals surface area contributed by atoms with Crippen LogP contribution in [0.2, 0.25) is 0 Å². The molecule has 0 atom stereocenters. The van der Waals surface area contributed by atoms with Crippen LogP contribution in [0.1, 0.15) is 11.1 Å². The second-order valence-electron chi connectivity index (χ2n) is 5.91. The van der Waals surface area contributed by atoms with Crippen molar-refractivity contribution in [2.45, 2.75) is 6.92 Å². The standard InChI is InChI=1S/C19H22BrN3O/c1-15-3-6-17(7-4-15)22-9-11-23(12-10-22)21-14-16-5-8-19(24-2)18(20)13-16/h3-8,13-14H,9-12H2,1-2H3. The molecule has 4 nitrogen and oxygen atoms in total. The van der Waals surface area contributed by atoms with Gasteiger partial charge >= 0.3 is 0 Å². The number of hydrogen-bond donors (Lipinski definition) is 0. The second-order valence-corrected chi connectivity index (χ2v) is 6.77. The lowest BCUT2D eigenvalue weighted by atomic mass is 10.2. The first-order valence-corrected chi connectivity index (χ1v) is 8.89. The average Bonchev–Trinajstić information content (AvgIpc) is 2.61. The van der Waals surface area contributed by atoms with Crippen LogP contribution < -0.4 is 9.64 Å². The Morgan fingerprint density at radius 2 is 1.75 bits per heavy atom. The number of aryl methyl sites for hydroxylation is 1. The van der Waals surface area contributed by atoms with Crippen molar-refractivity contribution in [3.05, 3.63) is 58.1 Å². The molecule has 0 radical (unpaired) electrons. The maximum atomic E-state index is 5.25. The van der Waals surface area contributed by atoms with Crippen LogP contribution >= 0.6 is 15.9 Å². The predicted octanol–water partition coefficient (Wildman–Crippen LogP) is 3.92. The summed E-state index contributed by atoms with van der Waals surface area (Å²) in [6.45, 7) is 5.97. The van der Waals surface area contributed by atoms with E-state index in [1.54, 1.807) is 7.11 Å². The topological polar surface area (TPSA) is 28.1 Å². The zero-order chi connectivity index (χ0) is 16.9. The summed E-state index contributed by atoms with van der Waals surface area (Å²) >= 11 is 3.51. The molecule has 5 heteroatoms. The minimum Gasteiger partial charge on any atom is -0.496 e. The normalized spacial score (nSPS) is 15.1. The van der Waals surface area contributed by atoms with Gasteiger partial charge in [0.15, 0.2) is 0 Å². The molecular weight excluding hydrogens is 366 g/mol. The number of benzene rings is 2. The van der Waals surface area contributed by atoms with Gasteiger partial charge < -0.3 is 9.64 Å². The van der Waals surface area contributed by atoms with Crippen LogP contribution in [0.4, 0.5) is 5.69 Å². The van der Waals surface area contributed by atoms with Crippen molar-refractivity contribution in [2.24, 2.45) is 5.10 Å². The van der Waals surface area contributed by atoms with E-state index in [-0.39, 0.29) is 0 Å². The van der Waals surface area contributed by atoms with Crippen molar-refractivity contribution in [1.82, 2.24) is 5.01 Å². The molecule has 0 spiro atoms. The fourth-order valence-corrected chi connectivity index (χ4v) is 3.29. The van der Waals surface area contributed by atoms with Gasteiger partial charge in [-0.2, -0.15) is 5.10 Å². The van der Waals surface area contributed by atoms with Crippen LogP contribution in [0.25, 0.3) is 0 Å². The molecule has 0 bridgehead atoms. The van der Waals surface area contributed by atoms with Crippen molar-refractivity contribution in [1.29, 1.82) is 0 Å². The zero-order valence-electron chi connectivity index (χ0n) is 14.1. The molecule has 3 rings (SSSR count). The quantitative estimate of drug-likeness (QED) is 0.744. The third-order valence-corrected chi connectivity index (χ3v) is 4.82. The zero-order valence-corrected chi connectivity index (χ0v) is 15.7. The monoisotopic (exact) mass is 387 g/mol. The molecule has 1 saturated heterocycles. The lowest BCUT2D eigenvalue weighted by molar-refractivity contribution is 0.272. The van der Waals surface area contributed by atoms with Gasteiger partial charge in [0, 0.05) is 18.8 Å². The predicted molar refractivity (Wildman–Crippen MR) is 103 cm³/mol. The molecule has 1 heterocycles. The smallest absolute Gasteiger partial charge is 0.133 e. The minimum atomic E-state index is 0.832. The fourth-order valence-electron chi connectivity index (χ4n) is 2.74. The summed E-state index contributed by atoms with van der Waals surface area (Å²) in [6, 6.07) is 14.7. The number of rotatable bonds is 4. The Balaban J connectivity index is 1.57. The van der Waals surface area contributed by atoms with Crippen molar-refractivity contribution >= 4 is 27.8 Å². The van der Waals surface area contributed by atoms with Gasteiger partial charge in [0.05, 0.1) is 30.9 Å². The Bertz CT molecular complexity index is 707. The van der Waals surface area contributed by atoms with Crippen LogP contribution in [-0.2, 0) is 0 Å². The molecule has 0 unspecified atom stereocenters. The molecule has 0 aliphatic carbocycles. The van der Waals surface area contributed by atoms with Crippen molar-refractivity contribution in [3.8, 4) is 5.75 Å². The summed E-state index contributed by atoms with van der Waals surface area (Å²) in [5.41, 5.74) is 3.65. The molecule has 2 aromatic carbocycles. The van der Waals surface area contributed by atoms with Gasteiger partial charge in [-0.25, -0.2) is 0 Å². The lowest BCUT2D eigenvalue weighted by Gasteiger charge is -2.34. The molecule has 0 aromatic heterocycles. The number of halogens is 1. The molecule has 24 heavy (non-hydrogen) atoms. The first-order valence-electron chi connectivity index (χ1n) is 8.10. The number of piperazine rings is 1. The molecule has 0 saturated carbocycles. The molecule has 126 valence electrons. The largest absolute Gasteiger partial charge is 0.496 e. The second kappa shape index (κ2) is 7.71. The number of anilines is 1. The van der Waals surface area contributed by atoms with Gasteiger partial charge in [0.25, 0.3) is 0 Å². The molecule has 0 amide bonds. The van der Waals surface area contributed by atoms with Gasteiger partial charge in [-0.05, 0) is 58.7 Å². The first-order chi connectivity index (χ1) is 11.7. The molecule has 1 aliphatic rings. The number of methoxy groups -OCH3 is 1. The van der Waals surface area contributed by atoms with E-state index in [1.165, 1.54) is 11.3 Å². The highest BCUT2D eigenvalue weighted by Gasteiger charge is 2.15. The van der Waals surface area contributed by atoms with Crippen LogP contribution in [0.15, 0.2) is 52.0 Å². The van der Waals surface area contributed by atoms with E-state index in [1.807, 2.05) is 24.4 Å². The first kappa shape index (κ1) is 16.8. The molecule has 2 aromatic rings. The fraction of sp³-hybridized carbons (Fsp3) is 0.316. The van der Waals surface area contributed by atoms with Gasteiger partial charge in [-0.15, -0.1) is 0 Å². The maximum absolute atomic E-state index is 5.25. The summed E-state index contributed by atoms with van der Waals surface area (Å²) in [5.74, 6) is 0.832. The van der Waals surface area contributed by atoms with E-state index in [9.17, 15) is 0 Å². The van der Waals surface area contributed by atoms with E-state index >= 15 is 0 Å². The number of nitrogens with zero attached hydrogens (tertiary/aromatic N) is 3. The average molecular weight is 388 g/mol. The van der Waals surface area contributed by atoms with Crippen LogP contribution in [-0.4, -0.2) is 44.5 Å². The Morgan fingerprint density at radius 1 is 1.04 bits per heavy atom. The highest BCUT2D eigenvalue weighted by atomic mass is 79.9. The molecule has 0 N–H and O–H groups in total. The Labute approximate surface area is 151 Å². The molecule has 1 fully saturated rings. The Morgan fingerprint density at radius 3 is 2.38 bits per heavy atom. The summed E-state index contributed by atoms with van der Waals surface area (Å²) in [5, 5.41) is 6.74. The maximum Gasteiger partial charge on any atom is 0.133 e. The van der Waals surface area contributed by atoms with E-state index in [0.717, 1.165) is 42.0 Å². The van der Waals surface area contributed by atoms with Gasteiger partial charge in [0.1, 0.15) is 5.75 Å². The summed E-state index contributed by atoms with van der Waals surface area (Å²) in [6.07, 6.45) is 1.91. The SMILES string of the molecule is COc1ccc(C=NN2CCN(c3ccc(C)cc3)CC2)cc1Br. The molecule has 1 aliphatic heterocycles. The number of hydrogen-bond acceptors (Lipinski definition) is 4. The number of hydrazone groups is 1. The van der Waals surface area contributed by atoms with E-state index in [2.05, 4.69) is 62.1 Å². The van der Waals surface area contributed by atoms with Crippen LogP contribution in [0, 0.1) is 6.92 Å². The van der Waals surface area contributed by atoms with E-state index < -0.39 is 0 Å². The summed E-state index contributed by atoms with van der Waals surface area (Å²) in [4.78, 5) is 2.41. The van der Waals surface area contributed by atoms with Crippen molar-refractivity contribution < 1.29 is 4.74 Å². The lowest BCUT2D eigenvalue weighted by Crippen LogP contribution is -2.44. The summed E-state index contributed by atoms with van der Waals surface area (Å²) in [7, 11) is 1.67. The van der Waals surface area contributed by atoms with E-state index in [4.69, 9.17) is 4.74 Å². The van der Waals surface area contributed by atoms with Gasteiger partial charge in [-0.3, -0.25) is 5.01 Å². The third kappa shape index (κ3) is 4.09. The highest BCUT2D eigenvalue weighted by molar-refractivity contribution is 9.10. The molecular formula is C19H22BrN3O. The summed E-state index contributed by atoms with van der Waals surface area (Å²) < 4.78 is 6.19. The van der Waals surface area contributed by atoms with Crippen molar-refractivity contribution in [3.63, 3.8) is 0 Å². The van der Waals surface area contributed by atoms with Gasteiger partial charge in [0.2, 0.25) is 0 Å². The van der Waals surface area contributed by atoms with Crippen LogP contribution in [0.5, 0.6) is 5.75 Å². The van der Waals surface area contributed by atoms with E-state index in [0.29, 0.717) is 0 Å². The number of ether oxygens (including phenoxy) is 1. The Hall–Kier alpha value is -2.01. The van der Waals surface area contributed by atoms with Crippen LogP contribution in [0.3, 0.4) is 0 Å². The van der Waals surface area contributed by atoms with Crippen molar-refractivity contribution in [2.75, 3.05) is 38.2 Å². The third-order valence-electron chi connectivity index (χ3n) is 4.20. The highest BCUT2D eigenvalue weighted by Crippen LogP contribution is 2.25. The Kier molecular flexibility index (Phi) is 5.41.